The van der Waals surface area contributed by atoms with Gasteiger partial charge in [0.1, 0.15) is 11.5 Å². The average Bonchev–Trinajstić information content (AvgIpc) is 3.22. The topological polar surface area (TPSA) is 114 Å². The van der Waals surface area contributed by atoms with Crippen molar-refractivity contribution in [2.75, 3.05) is 7.11 Å². The van der Waals surface area contributed by atoms with Crippen LogP contribution in [0.5, 0.6) is 5.88 Å². The Morgan fingerprint density at radius 3 is 2.40 bits per heavy atom. The van der Waals surface area contributed by atoms with Crippen molar-refractivity contribution in [3.05, 3.63) is 67.1 Å². The number of aromatic amines is 1. The number of alkyl halides is 3. The molecular weight excluding hydrogens is 470 g/mol. The number of rotatable bonds is 3. The summed E-state index contributed by atoms with van der Waals surface area (Å²) in [6.45, 7) is 0. The monoisotopic (exact) mass is 485 g/mol. The zero-order chi connectivity index (χ0) is 25.2. The molecule has 0 saturated carbocycles. The number of halogens is 4. The number of methoxy groups -OCH3 is 1. The smallest absolute Gasteiger partial charge is 0.481 e. The van der Waals surface area contributed by atoms with E-state index in [1.165, 1.54) is 6.20 Å². The van der Waals surface area contributed by atoms with Gasteiger partial charge in [-0.1, -0.05) is 0 Å². The lowest BCUT2D eigenvalue weighted by molar-refractivity contribution is -0.192. The van der Waals surface area contributed by atoms with Crippen LogP contribution in [0.1, 0.15) is 0 Å². The zero-order valence-electron chi connectivity index (χ0n) is 17.8. The number of hydrogen-bond donors (Lipinski definition) is 2. The third-order valence-electron chi connectivity index (χ3n) is 4.89. The summed E-state index contributed by atoms with van der Waals surface area (Å²) < 4.78 is 51.7. The van der Waals surface area contributed by atoms with E-state index in [1.54, 1.807) is 44.0 Å². The van der Waals surface area contributed by atoms with Gasteiger partial charge >= 0.3 is 12.1 Å². The van der Waals surface area contributed by atoms with Crippen LogP contribution in [0.3, 0.4) is 0 Å². The molecule has 0 amide bonds. The second-order valence-corrected chi connectivity index (χ2v) is 7.08. The number of carboxylic acid groups (broad SMARTS) is 1. The van der Waals surface area contributed by atoms with Crippen LogP contribution >= 0.6 is 0 Å². The molecule has 12 heteroatoms. The molecule has 5 aromatic heterocycles. The van der Waals surface area contributed by atoms with Crippen LogP contribution in [0, 0.1) is 5.82 Å². The van der Waals surface area contributed by atoms with E-state index in [0.29, 0.717) is 28.0 Å². The summed E-state index contributed by atoms with van der Waals surface area (Å²) in [5.41, 5.74) is 4.09. The predicted octanol–water partition coefficient (Wildman–Crippen LogP) is 5.02. The lowest BCUT2D eigenvalue weighted by Gasteiger charge is -2.07. The van der Waals surface area contributed by atoms with Crippen molar-refractivity contribution < 1.29 is 32.2 Å². The van der Waals surface area contributed by atoms with Gasteiger partial charge in [0.05, 0.1) is 30.7 Å². The maximum Gasteiger partial charge on any atom is 0.490 e. The van der Waals surface area contributed by atoms with Gasteiger partial charge in [-0.3, -0.25) is 9.97 Å². The minimum absolute atomic E-state index is 0.417. The van der Waals surface area contributed by atoms with Gasteiger partial charge in [-0.05, 0) is 24.3 Å². The van der Waals surface area contributed by atoms with Gasteiger partial charge in [0.2, 0.25) is 5.88 Å². The van der Waals surface area contributed by atoms with Crippen LogP contribution < -0.4 is 4.74 Å². The molecule has 178 valence electrons. The Morgan fingerprint density at radius 1 is 1.03 bits per heavy atom. The number of pyridine rings is 4. The Balaban J connectivity index is 0.000000364. The average molecular weight is 485 g/mol. The molecule has 0 radical (unpaired) electrons. The largest absolute Gasteiger partial charge is 0.490 e. The Bertz CT molecular complexity index is 1500. The molecule has 0 bridgehead atoms. The summed E-state index contributed by atoms with van der Waals surface area (Å²) >= 11 is 0. The maximum atomic E-state index is 14.9. The standard InChI is InChI=1S/C21H14FN5O.C2HF3O2/c1-28-18-5-4-13(9-25-18)19-15(22)10-26-21-20(19)14-7-16(24-11-17(14)27-21)12-3-2-6-23-8-12;3-2(4,5)1(6)7/h2-11H,1H3,(H,26,27);(H,6,7). The fourth-order valence-electron chi connectivity index (χ4n) is 3.34. The van der Waals surface area contributed by atoms with E-state index in [1.807, 2.05) is 18.2 Å². The third kappa shape index (κ3) is 4.86. The highest BCUT2D eigenvalue weighted by Gasteiger charge is 2.38. The lowest BCUT2D eigenvalue weighted by Crippen LogP contribution is -2.21. The molecule has 0 aliphatic heterocycles. The Hall–Kier alpha value is -4.61. The first kappa shape index (κ1) is 23.5. The summed E-state index contributed by atoms with van der Waals surface area (Å²) in [5, 5.41) is 8.65. The van der Waals surface area contributed by atoms with E-state index >= 15 is 0 Å². The van der Waals surface area contributed by atoms with Crippen LogP contribution in [0.2, 0.25) is 0 Å². The fourth-order valence-corrected chi connectivity index (χ4v) is 3.34. The van der Waals surface area contributed by atoms with Crippen molar-refractivity contribution in [3.63, 3.8) is 0 Å². The van der Waals surface area contributed by atoms with E-state index in [0.717, 1.165) is 22.2 Å². The van der Waals surface area contributed by atoms with Crippen LogP contribution in [-0.2, 0) is 4.79 Å². The second-order valence-electron chi connectivity index (χ2n) is 7.08. The quantitative estimate of drug-likeness (QED) is 0.345. The number of fused-ring (bicyclic) bond motifs is 3. The van der Waals surface area contributed by atoms with Crippen LogP contribution in [0.25, 0.3) is 44.3 Å². The molecule has 0 unspecified atom stereocenters. The number of nitrogens with zero attached hydrogens (tertiary/aromatic N) is 4. The number of ether oxygens (including phenoxy) is 1. The van der Waals surface area contributed by atoms with Gasteiger partial charge in [-0.25, -0.2) is 19.2 Å². The molecule has 5 heterocycles. The summed E-state index contributed by atoms with van der Waals surface area (Å²) in [4.78, 5) is 29.2. The van der Waals surface area contributed by atoms with Gasteiger partial charge in [-0.15, -0.1) is 0 Å². The predicted molar refractivity (Wildman–Crippen MR) is 118 cm³/mol. The SMILES string of the molecule is COc1ccc(-c2c(F)cnc3[nH]c4cnc(-c5cccnc5)cc4c23)cn1.O=C(O)C(F)(F)F. The number of carbonyl (C=O) groups is 1. The maximum absolute atomic E-state index is 14.9. The highest BCUT2D eigenvalue weighted by atomic mass is 19.4. The molecule has 35 heavy (non-hydrogen) atoms. The number of H-pyrrole nitrogens is 1. The molecule has 0 aliphatic rings. The van der Waals surface area contributed by atoms with Crippen molar-refractivity contribution in [2.24, 2.45) is 0 Å². The molecule has 5 aromatic rings. The van der Waals surface area contributed by atoms with E-state index in [2.05, 4.69) is 24.9 Å². The fraction of sp³-hybridized carbons (Fsp3) is 0.0870. The van der Waals surface area contributed by atoms with Crippen molar-refractivity contribution in [2.45, 2.75) is 6.18 Å². The number of nitrogens with one attached hydrogen (secondary N) is 1. The normalized spacial score (nSPS) is 11.2. The first-order chi connectivity index (χ1) is 16.7. The highest BCUT2D eigenvalue weighted by molar-refractivity contribution is 6.13. The summed E-state index contributed by atoms with van der Waals surface area (Å²) in [7, 11) is 1.54. The summed E-state index contributed by atoms with van der Waals surface area (Å²) in [6, 6.07) is 9.20. The van der Waals surface area contributed by atoms with Crippen molar-refractivity contribution in [1.82, 2.24) is 24.9 Å². The molecule has 0 fully saturated rings. The molecule has 2 N–H and O–H groups in total. The number of hydrogen-bond acceptors (Lipinski definition) is 6. The van der Waals surface area contributed by atoms with Crippen molar-refractivity contribution >= 4 is 27.9 Å². The first-order valence-corrected chi connectivity index (χ1v) is 9.86. The molecule has 0 aromatic carbocycles. The highest BCUT2D eigenvalue weighted by Crippen LogP contribution is 2.36. The van der Waals surface area contributed by atoms with E-state index < -0.39 is 18.0 Å². The molecule has 8 nitrogen and oxygen atoms in total. The molecule has 0 aliphatic carbocycles. The van der Waals surface area contributed by atoms with Gasteiger partial charge in [-0.2, -0.15) is 13.2 Å². The zero-order valence-corrected chi connectivity index (χ0v) is 17.8. The molecule has 5 rings (SSSR count). The van der Waals surface area contributed by atoms with Crippen LogP contribution in [-0.4, -0.2) is 49.3 Å². The second kappa shape index (κ2) is 9.33. The van der Waals surface area contributed by atoms with Gasteiger partial charge in [0.15, 0.2) is 0 Å². The first-order valence-electron chi connectivity index (χ1n) is 9.86. The molecule has 0 atom stereocenters. The molecule has 0 spiro atoms. The van der Waals surface area contributed by atoms with Gasteiger partial charge in [0, 0.05) is 52.1 Å². The molecule has 0 saturated heterocycles. The van der Waals surface area contributed by atoms with Crippen molar-refractivity contribution in [3.8, 4) is 28.3 Å². The third-order valence-corrected chi connectivity index (χ3v) is 4.89. The number of carboxylic acids is 1. The summed E-state index contributed by atoms with van der Waals surface area (Å²) in [6.07, 6.45) is 2.91. The van der Waals surface area contributed by atoms with Crippen LogP contribution in [0.15, 0.2) is 61.3 Å². The minimum Gasteiger partial charge on any atom is -0.481 e. The lowest BCUT2D eigenvalue weighted by atomic mass is 10.0. The van der Waals surface area contributed by atoms with Crippen molar-refractivity contribution in [1.29, 1.82) is 0 Å². The summed E-state index contributed by atoms with van der Waals surface area (Å²) in [5.74, 6) is -2.70. The number of aliphatic carboxylic acids is 1. The van der Waals surface area contributed by atoms with Gasteiger partial charge in [0.25, 0.3) is 0 Å². The van der Waals surface area contributed by atoms with Crippen LogP contribution in [0.4, 0.5) is 17.6 Å². The molecular formula is C23H15F4N5O3. The van der Waals surface area contributed by atoms with E-state index in [4.69, 9.17) is 14.6 Å². The Morgan fingerprint density at radius 2 is 1.80 bits per heavy atom. The minimum atomic E-state index is -5.08. The Kier molecular flexibility index (Phi) is 6.28. The van der Waals surface area contributed by atoms with E-state index in [9.17, 15) is 17.6 Å². The van der Waals surface area contributed by atoms with Gasteiger partial charge < -0.3 is 14.8 Å². The number of aromatic nitrogens is 5. The van der Waals surface area contributed by atoms with E-state index in [-0.39, 0.29) is 0 Å². The Labute approximate surface area is 194 Å².